The lowest BCUT2D eigenvalue weighted by Gasteiger charge is -2.44. The summed E-state index contributed by atoms with van der Waals surface area (Å²) in [5.41, 5.74) is 1.82. The maximum Gasteiger partial charge on any atom is 0.258 e. The zero-order chi connectivity index (χ0) is 16.5. The van der Waals surface area contributed by atoms with Crippen LogP contribution in [0.15, 0.2) is 23.7 Å². The minimum Gasteiger partial charge on any atom is -0.540 e. The van der Waals surface area contributed by atoms with Gasteiger partial charge >= 0.3 is 0 Å². The smallest absolute Gasteiger partial charge is 0.258 e. The van der Waals surface area contributed by atoms with E-state index in [2.05, 4.69) is 48.1 Å². The lowest BCUT2D eigenvalue weighted by molar-refractivity contribution is -0.118. The van der Waals surface area contributed by atoms with Gasteiger partial charge in [0.25, 0.3) is 8.32 Å². The Balaban J connectivity index is 3.22. The van der Waals surface area contributed by atoms with Gasteiger partial charge in [-0.3, -0.25) is 4.79 Å². The predicted octanol–water partition coefficient (Wildman–Crippen LogP) is 4.95. The largest absolute Gasteiger partial charge is 0.540 e. The van der Waals surface area contributed by atoms with E-state index in [1.807, 2.05) is 13.8 Å². The molecule has 0 aromatic heterocycles. The van der Waals surface area contributed by atoms with Gasteiger partial charge in [0.2, 0.25) is 11.5 Å². The summed E-state index contributed by atoms with van der Waals surface area (Å²) in [4.78, 5) is 12.0. The van der Waals surface area contributed by atoms with E-state index in [0.29, 0.717) is 33.7 Å². The second-order valence-corrected chi connectivity index (χ2v) is 12.4. The van der Waals surface area contributed by atoms with Crippen molar-refractivity contribution < 1.29 is 14.0 Å². The van der Waals surface area contributed by atoms with Gasteiger partial charge in [-0.05, 0) is 30.5 Å². The van der Waals surface area contributed by atoms with Crippen molar-refractivity contribution in [2.75, 3.05) is 0 Å². The molecule has 0 spiro atoms. The predicted molar refractivity (Wildman–Crippen MR) is 89.5 cm³/mol. The Kier molecular flexibility index (Phi) is 5.48. The van der Waals surface area contributed by atoms with Crippen molar-refractivity contribution in [2.45, 2.75) is 78.1 Å². The van der Waals surface area contributed by atoms with E-state index in [1.165, 1.54) is 0 Å². The van der Waals surface area contributed by atoms with Crippen molar-refractivity contribution >= 4 is 14.1 Å². The van der Waals surface area contributed by atoms with Gasteiger partial charge in [0.15, 0.2) is 5.76 Å². The second kappa shape index (κ2) is 6.38. The maximum absolute atomic E-state index is 12.0. The highest BCUT2D eigenvalue weighted by atomic mass is 28.4. The van der Waals surface area contributed by atoms with Crippen LogP contribution in [0, 0.1) is 0 Å². The number of allylic oxidation sites excluding steroid dienone is 2. The molecule has 0 aromatic carbocycles. The molecular formula is C17H30O3Si. The molecule has 0 atom stereocenters. The fourth-order valence-electron chi connectivity index (χ4n) is 3.40. The maximum atomic E-state index is 12.0. The van der Waals surface area contributed by atoms with Gasteiger partial charge < -0.3 is 9.16 Å². The molecule has 1 rings (SSSR count). The van der Waals surface area contributed by atoms with E-state index in [-0.39, 0.29) is 11.9 Å². The highest BCUT2D eigenvalue weighted by Crippen LogP contribution is 2.46. The summed E-state index contributed by atoms with van der Waals surface area (Å²) < 4.78 is 12.2. The molecule has 1 aliphatic rings. The zero-order valence-electron chi connectivity index (χ0n) is 14.7. The summed E-state index contributed by atoms with van der Waals surface area (Å²) in [6, 6.07) is 0. The van der Waals surface area contributed by atoms with E-state index in [0.717, 1.165) is 0 Å². The summed E-state index contributed by atoms with van der Waals surface area (Å²) in [6.45, 7) is 21.0. The third kappa shape index (κ3) is 3.10. The Hall–Kier alpha value is -1.03. The lowest BCUT2D eigenvalue weighted by Crippen LogP contribution is -2.49. The van der Waals surface area contributed by atoms with Crippen molar-refractivity contribution in [1.29, 1.82) is 0 Å². The number of ketones is 1. The molecule has 1 aliphatic carbocycles. The number of hydrogen-bond donors (Lipinski definition) is 0. The Morgan fingerprint density at radius 2 is 1.29 bits per heavy atom. The highest BCUT2D eigenvalue weighted by Gasteiger charge is 2.50. The average Bonchev–Trinajstić information content (AvgIpc) is 2.35. The molecule has 4 heteroatoms. The third-order valence-corrected chi connectivity index (χ3v) is 10.3. The van der Waals surface area contributed by atoms with Crippen LogP contribution in [0.4, 0.5) is 0 Å². The molecule has 0 radical (unpaired) electrons. The monoisotopic (exact) mass is 310 g/mol. The molecule has 21 heavy (non-hydrogen) atoms. The number of Topliss-reactive ketones (excluding diaryl/α,β-unsaturated/α-hetero) is 1. The standard InChI is InChI=1S/C17H30O3Si/c1-10(2)19-17-15(18)14(9)16(17)20-21(11(3)4,12(5)6)13(7)8/h10-13H,9H2,1-8H3. The first-order valence-electron chi connectivity index (χ1n) is 7.89. The molecule has 0 N–H and O–H groups in total. The van der Waals surface area contributed by atoms with Crippen LogP contribution in [0.1, 0.15) is 55.4 Å². The van der Waals surface area contributed by atoms with Gasteiger partial charge in [0.05, 0.1) is 11.7 Å². The molecule has 3 nitrogen and oxygen atoms in total. The van der Waals surface area contributed by atoms with Crippen molar-refractivity contribution in [2.24, 2.45) is 0 Å². The topological polar surface area (TPSA) is 35.5 Å². The summed E-state index contributed by atoms with van der Waals surface area (Å²) >= 11 is 0. The number of carbonyl (C=O) groups is 1. The minimum atomic E-state index is -2.08. The van der Waals surface area contributed by atoms with Crippen molar-refractivity contribution in [3.63, 3.8) is 0 Å². The average molecular weight is 311 g/mol. The normalized spacial score (nSPS) is 16.4. The number of rotatable bonds is 7. The molecule has 120 valence electrons. The van der Waals surface area contributed by atoms with E-state index < -0.39 is 8.32 Å². The molecular weight excluding hydrogens is 280 g/mol. The van der Waals surface area contributed by atoms with Gasteiger partial charge in [0.1, 0.15) is 0 Å². The summed E-state index contributed by atoms with van der Waals surface area (Å²) in [5, 5.41) is 0. The first-order chi connectivity index (χ1) is 9.55. The minimum absolute atomic E-state index is 0.0381. The molecule has 0 amide bonds. The molecule has 0 unspecified atom stereocenters. The summed E-state index contributed by atoms with van der Waals surface area (Å²) in [7, 11) is -2.08. The molecule has 0 saturated carbocycles. The van der Waals surface area contributed by atoms with Crippen molar-refractivity contribution in [1.82, 2.24) is 0 Å². The van der Waals surface area contributed by atoms with Crippen LogP contribution < -0.4 is 0 Å². The van der Waals surface area contributed by atoms with Gasteiger partial charge in [-0.15, -0.1) is 0 Å². The fraction of sp³-hybridized carbons (Fsp3) is 0.706. The van der Waals surface area contributed by atoms with Crippen LogP contribution in [0.25, 0.3) is 0 Å². The van der Waals surface area contributed by atoms with Gasteiger partial charge in [-0.1, -0.05) is 48.1 Å². The van der Waals surface area contributed by atoms with E-state index in [4.69, 9.17) is 9.16 Å². The Labute approximate surface area is 130 Å². The summed E-state index contributed by atoms with van der Waals surface area (Å²) in [5.74, 6) is 0.864. The molecule has 0 saturated heterocycles. The van der Waals surface area contributed by atoms with E-state index in [9.17, 15) is 4.79 Å². The molecule has 0 fully saturated rings. The highest BCUT2D eigenvalue weighted by molar-refractivity contribution is 6.78. The van der Waals surface area contributed by atoms with Gasteiger partial charge in [-0.25, -0.2) is 0 Å². The zero-order valence-corrected chi connectivity index (χ0v) is 15.7. The van der Waals surface area contributed by atoms with Crippen LogP contribution in [-0.4, -0.2) is 20.2 Å². The molecule has 0 heterocycles. The van der Waals surface area contributed by atoms with Gasteiger partial charge in [0, 0.05) is 0 Å². The first kappa shape index (κ1) is 18.0. The van der Waals surface area contributed by atoms with E-state index >= 15 is 0 Å². The Bertz CT molecular complexity index is 437. The SMILES string of the molecule is C=C1C(=O)C(OC(C)C)=C1O[Si](C(C)C)(C(C)C)C(C)C. The van der Waals surface area contributed by atoms with Crippen LogP contribution in [0.3, 0.4) is 0 Å². The van der Waals surface area contributed by atoms with Crippen molar-refractivity contribution in [3.8, 4) is 0 Å². The fourth-order valence-corrected chi connectivity index (χ4v) is 8.68. The number of ether oxygens (including phenoxy) is 1. The van der Waals surface area contributed by atoms with Crippen LogP contribution >= 0.6 is 0 Å². The second-order valence-electron chi connectivity index (χ2n) is 7.05. The molecule has 0 aromatic rings. The molecule has 0 aliphatic heterocycles. The van der Waals surface area contributed by atoms with Crippen molar-refractivity contribution in [3.05, 3.63) is 23.7 Å². The Morgan fingerprint density at radius 1 is 0.857 bits per heavy atom. The van der Waals surface area contributed by atoms with Crippen LogP contribution in [0.5, 0.6) is 0 Å². The van der Waals surface area contributed by atoms with Crippen LogP contribution in [-0.2, 0) is 14.0 Å². The van der Waals surface area contributed by atoms with Crippen LogP contribution in [0.2, 0.25) is 16.6 Å². The quantitative estimate of drug-likeness (QED) is 0.493. The number of carbonyl (C=O) groups excluding carboxylic acids is 1. The third-order valence-electron chi connectivity index (χ3n) is 4.30. The first-order valence-corrected chi connectivity index (χ1v) is 10.0. The molecule has 0 bridgehead atoms. The Morgan fingerprint density at radius 3 is 1.62 bits per heavy atom. The number of hydrogen-bond acceptors (Lipinski definition) is 3. The van der Waals surface area contributed by atoms with Gasteiger partial charge in [-0.2, -0.15) is 0 Å². The van der Waals surface area contributed by atoms with E-state index in [1.54, 1.807) is 0 Å². The summed E-state index contributed by atoms with van der Waals surface area (Å²) in [6.07, 6.45) is -0.0381. The lowest BCUT2D eigenvalue weighted by atomic mass is 9.97.